The van der Waals surface area contributed by atoms with Crippen molar-refractivity contribution < 1.29 is 61.2 Å². The van der Waals surface area contributed by atoms with E-state index in [2.05, 4.69) is 57.1 Å². The third kappa shape index (κ3) is 16.7. The molecule has 92 heavy (non-hydrogen) atoms. The second kappa shape index (κ2) is 29.9. The summed E-state index contributed by atoms with van der Waals surface area (Å²) < 4.78 is 49.7. The Morgan fingerprint density at radius 3 is 1.45 bits per heavy atom. The number of piperazine rings is 2. The molecule has 25 nitrogen and oxygen atoms in total. The predicted molar refractivity (Wildman–Crippen MR) is 333 cm³/mol. The van der Waals surface area contributed by atoms with Gasteiger partial charge in [0.2, 0.25) is 35.4 Å². The molecule has 2 aliphatic heterocycles. The van der Waals surface area contributed by atoms with Crippen LogP contribution in [0.2, 0.25) is 0 Å². The number of aromatic nitrogens is 4. The molecule has 6 fully saturated rings. The minimum atomic E-state index is -1.13. The summed E-state index contributed by atoms with van der Waals surface area (Å²) >= 11 is 0. The normalized spacial score (nSPS) is 19.5. The highest BCUT2D eigenvalue weighted by molar-refractivity contribution is 6.02. The number of likely N-dealkylation sites (N-methyl/N-ethyl adjacent to an activating group) is 2. The van der Waals surface area contributed by atoms with Crippen molar-refractivity contribution in [3.63, 3.8) is 0 Å². The van der Waals surface area contributed by atoms with Crippen molar-refractivity contribution >= 4 is 58.6 Å². The summed E-state index contributed by atoms with van der Waals surface area (Å²) in [5.74, 6) is -6.45. The number of hydrogen-bond donors (Lipinski definition) is 6. The van der Waals surface area contributed by atoms with Gasteiger partial charge in [0.1, 0.15) is 60.4 Å². The zero-order valence-corrected chi connectivity index (χ0v) is 53.6. The molecule has 2 saturated heterocycles. The number of carbonyl (C=O) groups excluding carboxylic acids is 8. The van der Waals surface area contributed by atoms with Crippen LogP contribution in [0.4, 0.5) is 20.2 Å². The number of aryl methyl sites for hydroxylation is 1. The predicted octanol–water partition coefficient (Wildman–Crippen LogP) is 4.24. The number of ether oxygens (including phenoxy) is 2. The Balaban J connectivity index is 0.757. The molecule has 498 valence electrons. The van der Waals surface area contributed by atoms with Gasteiger partial charge in [-0.2, -0.15) is 5.10 Å². The van der Waals surface area contributed by atoms with Gasteiger partial charge in [-0.15, -0.1) is 0 Å². The first kappa shape index (κ1) is 67.1. The number of methoxy groups -OCH3 is 1. The van der Waals surface area contributed by atoms with Crippen LogP contribution in [0.25, 0.3) is 0 Å². The molecular weight excluding hydrogens is 1190 g/mol. The second-order valence-corrected chi connectivity index (χ2v) is 26.3. The van der Waals surface area contributed by atoms with Gasteiger partial charge < -0.3 is 61.0 Å². The van der Waals surface area contributed by atoms with Crippen molar-refractivity contribution in [2.75, 3.05) is 104 Å². The van der Waals surface area contributed by atoms with Crippen LogP contribution in [0.5, 0.6) is 0 Å². The maximum Gasteiger partial charge on any atom is 0.276 e. The van der Waals surface area contributed by atoms with E-state index in [-0.39, 0.29) is 89.0 Å². The molecule has 4 saturated carbocycles. The number of halogens is 2. The maximum absolute atomic E-state index is 16.3. The van der Waals surface area contributed by atoms with Gasteiger partial charge in [-0.1, -0.05) is 31.1 Å². The molecule has 6 N–H and O–H groups in total. The molecule has 27 heteroatoms. The lowest BCUT2D eigenvalue weighted by molar-refractivity contribution is -0.139. The van der Waals surface area contributed by atoms with Crippen LogP contribution < -0.4 is 31.9 Å². The summed E-state index contributed by atoms with van der Waals surface area (Å²) in [5, 5.41) is 28.9. The topological polar surface area (TPSA) is 297 Å². The van der Waals surface area contributed by atoms with Gasteiger partial charge in [0, 0.05) is 84.1 Å². The number of rotatable bonds is 30. The van der Waals surface area contributed by atoms with Crippen molar-refractivity contribution in [3.8, 4) is 0 Å². The molecule has 7 atom stereocenters. The van der Waals surface area contributed by atoms with Gasteiger partial charge in [-0.05, 0) is 168 Å². The summed E-state index contributed by atoms with van der Waals surface area (Å²) in [6.45, 7) is 10.5. The van der Waals surface area contributed by atoms with Gasteiger partial charge in [0.15, 0.2) is 5.69 Å². The van der Waals surface area contributed by atoms with Crippen LogP contribution in [-0.2, 0) is 38.2 Å². The molecule has 4 aromatic rings. The highest BCUT2D eigenvalue weighted by atomic mass is 19.1. The van der Waals surface area contributed by atoms with E-state index >= 15 is 8.78 Å². The summed E-state index contributed by atoms with van der Waals surface area (Å²) in [6, 6.07) is 5.52. The number of nitrogens with one attached hydrogen (secondary N) is 6. The van der Waals surface area contributed by atoms with E-state index in [0.717, 1.165) is 51.4 Å². The minimum Gasteiger partial charge on any atom is -0.375 e. The summed E-state index contributed by atoms with van der Waals surface area (Å²) in [7, 11) is 5.30. The van der Waals surface area contributed by atoms with Crippen LogP contribution in [0.1, 0.15) is 134 Å². The van der Waals surface area contributed by atoms with E-state index < -0.39 is 95.7 Å². The third-order valence-corrected chi connectivity index (χ3v) is 19.3. The number of amides is 8. The van der Waals surface area contributed by atoms with E-state index in [1.807, 2.05) is 21.0 Å². The molecule has 0 bridgehead atoms. The summed E-state index contributed by atoms with van der Waals surface area (Å²) in [5.41, 5.74) is 0.988. The quantitative estimate of drug-likeness (QED) is 0.0398. The monoisotopic (exact) mass is 1280 g/mol. The van der Waals surface area contributed by atoms with Crippen LogP contribution in [0.15, 0.2) is 53.3 Å². The van der Waals surface area contributed by atoms with Crippen molar-refractivity contribution in [2.45, 2.75) is 128 Å². The van der Waals surface area contributed by atoms with Crippen molar-refractivity contribution in [1.29, 1.82) is 0 Å². The van der Waals surface area contributed by atoms with Gasteiger partial charge in [-0.3, -0.25) is 43.0 Å². The molecule has 4 aliphatic carbocycles. The lowest BCUT2D eigenvalue weighted by atomic mass is 9.88. The van der Waals surface area contributed by atoms with Gasteiger partial charge in [-0.25, -0.2) is 13.4 Å². The Morgan fingerprint density at radius 1 is 0.587 bits per heavy atom. The maximum atomic E-state index is 16.3. The van der Waals surface area contributed by atoms with E-state index in [1.165, 1.54) is 42.3 Å². The van der Waals surface area contributed by atoms with Crippen molar-refractivity contribution in [2.24, 2.45) is 35.5 Å². The minimum absolute atomic E-state index is 0.0397. The fraction of sp³-hybridized carbons (Fsp3) is 0.615. The lowest BCUT2D eigenvalue weighted by Crippen LogP contribution is -2.56. The third-order valence-electron chi connectivity index (χ3n) is 19.3. The highest BCUT2D eigenvalue weighted by Crippen LogP contribution is 2.52. The lowest BCUT2D eigenvalue weighted by Gasteiger charge is -2.36. The molecule has 8 amide bonds. The number of anilines is 2. The van der Waals surface area contributed by atoms with Crippen molar-refractivity contribution in [3.05, 3.63) is 88.5 Å². The van der Waals surface area contributed by atoms with Crippen LogP contribution in [0, 0.1) is 54.1 Å². The Hall–Kier alpha value is -7.75. The Bertz CT molecular complexity index is 3290. The van der Waals surface area contributed by atoms with Gasteiger partial charge >= 0.3 is 0 Å². The SMILES string of the molecule is COCC(=O)N[C@@H](C(=O)N1CCN(C)CC1)[C@@H](C)c1ccc(NC(=O)[C@@H](NC(=O)c2ccnn2C(C)CCOCC(=O)N[C@@H](C(=O)N2CCN(C)CC2)[C@@H](C)c2ccc(NC(=O)[C@@H](NC(=O)c3nonc3C)C(C3CC3)C3CC3)c(F)c2)C(C2CC2)C2CC2)c(F)c1. The summed E-state index contributed by atoms with van der Waals surface area (Å²) in [4.78, 5) is 119. The Labute approximate surface area is 534 Å². The molecule has 1 unspecified atom stereocenters. The fourth-order valence-corrected chi connectivity index (χ4v) is 13.2. The smallest absolute Gasteiger partial charge is 0.276 e. The van der Waals surface area contributed by atoms with Crippen LogP contribution in [0.3, 0.4) is 0 Å². The van der Waals surface area contributed by atoms with Crippen molar-refractivity contribution in [1.82, 2.24) is 61.0 Å². The van der Waals surface area contributed by atoms with Crippen LogP contribution in [-0.4, -0.2) is 205 Å². The molecule has 2 aromatic heterocycles. The largest absolute Gasteiger partial charge is 0.375 e. The number of hydrogen-bond acceptors (Lipinski definition) is 16. The van der Waals surface area contributed by atoms with Gasteiger partial charge in [0.25, 0.3) is 11.8 Å². The average molecular weight is 1280 g/mol. The van der Waals surface area contributed by atoms with E-state index in [1.54, 1.807) is 48.8 Å². The molecule has 0 spiro atoms. The Morgan fingerprint density at radius 2 is 1.03 bits per heavy atom. The fourth-order valence-electron chi connectivity index (χ4n) is 13.2. The van der Waals surface area contributed by atoms with E-state index in [0.29, 0.717) is 69.9 Å². The average Bonchev–Trinajstić information content (AvgIpc) is 1.87. The number of nitrogens with zero attached hydrogens (tertiary/aromatic N) is 8. The first-order valence-electron chi connectivity index (χ1n) is 32.4. The van der Waals surface area contributed by atoms with Crippen LogP contribution >= 0.6 is 0 Å². The Kier molecular flexibility index (Phi) is 21.8. The molecule has 10 rings (SSSR count). The summed E-state index contributed by atoms with van der Waals surface area (Å²) in [6.07, 6.45) is 9.03. The zero-order valence-electron chi connectivity index (χ0n) is 53.6. The molecular formula is C65H88F2N14O11. The second-order valence-electron chi connectivity index (χ2n) is 26.3. The molecule has 0 radical (unpaired) electrons. The standard InChI is InChI=1S/C65H88F2N14O11/c1-36(81-50(20-22-68-81)60(84)73-58(53(40-8-9-40)41-10-11-41)62(86)69-48-18-16-44(32-46(48)66)37(2)55(71-51(82)34-90-7)64(88)79-27-23-77(5)24-28-79)21-31-91-35-52(83)72-56(65(89)80-29-25-78(6)26-30-80)38(3)45-17-19-49(47(67)33-45)70-63(87)59(54(42-12-13-42)43-14-15-43)74-61(85)57-39(4)75-92-76-57/h16-20,22,32-33,36-38,40-43,53-56,58-59H,8-15,21,23-31,34-35H2,1-7H3,(H,69,86)(H,70,87)(H,71,82)(H,72,83)(H,73,84)(H,74,85)/t36?,37-,38-,55+,56+,58-,59-/m0/s1. The number of carbonyl (C=O) groups is 8. The number of benzene rings is 2. The molecule has 4 heterocycles. The highest BCUT2D eigenvalue weighted by Gasteiger charge is 2.50. The zero-order chi connectivity index (χ0) is 65.5. The molecule has 6 aliphatic rings. The first-order chi connectivity index (χ1) is 44.2. The van der Waals surface area contributed by atoms with Gasteiger partial charge in [0.05, 0.1) is 17.4 Å². The first-order valence-corrected chi connectivity index (χ1v) is 32.4. The van der Waals surface area contributed by atoms with E-state index in [4.69, 9.17) is 14.1 Å². The molecule has 2 aromatic carbocycles. The van der Waals surface area contributed by atoms with E-state index in [9.17, 15) is 38.4 Å².